The zero-order chi connectivity index (χ0) is 9.84. The van der Waals surface area contributed by atoms with Crippen LogP contribution in [0.1, 0.15) is 17.4 Å². The highest BCUT2D eigenvalue weighted by Crippen LogP contribution is 2.15. The van der Waals surface area contributed by atoms with E-state index in [9.17, 15) is 4.79 Å². The monoisotopic (exact) mass is 312 g/mol. The molecule has 0 unspecified atom stereocenters. The second kappa shape index (κ2) is 4.71. The van der Waals surface area contributed by atoms with E-state index < -0.39 is 5.97 Å². The summed E-state index contributed by atoms with van der Waals surface area (Å²) in [5.74, 6) is -0.545. The molecule has 0 spiro atoms. The average molecular weight is 312 g/mol. The molecule has 0 amide bonds. The number of esters is 1. The van der Waals surface area contributed by atoms with Gasteiger partial charge >= 0.3 is 5.97 Å². The molecule has 0 atom stereocenters. The maximum absolute atomic E-state index is 11.2. The van der Waals surface area contributed by atoms with Gasteiger partial charge in [0.1, 0.15) is 3.70 Å². The fourth-order valence-electron chi connectivity index (χ4n) is 0.685. The van der Waals surface area contributed by atoms with Crippen LogP contribution < -0.4 is 0 Å². The normalized spacial score (nSPS) is 9.77. The Morgan fingerprint density at radius 3 is 2.92 bits per heavy atom. The Hall–Kier alpha value is -0.430. The predicted octanol–water partition coefficient (Wildman–Crippen LogP) is 1.91. The smallest absolute Gasteiger partial charge is 0.360 e. The molecule has 0 aliphatic rings. The second-order valence-electron chi connectivity index (χ2n) is 2.08. The van der Waals surface area contributed by atoms with E-state index >= 15 is 0 Å². The van der Waals surface area contributed by atoms with E-state index in [-0.39, 0.29) is 10.7 Å². The number of hydrogen-bond donors (Lipinski definition) is 0. The van der Waals surface area contributed by atoms with Crippen molar-refractivity contribution in [3.8, 4) is 0 Å². The first kappa shape index (κ1) is 10.6. The fraction of sp³-hybridized carbons (Fsp3) is 0.286. The number of carbonyl (C=O) groups excluding carboxylic acids is 1. The molecule has 0 aromatic carbocycles. The minimum Gasteiger partial charge on any atom is -0.461 e. The quantitative estimate of drug-likeness (QED) is 0.618. The lowest BCUT2D eigenvalue weighted by Crippen LogP contribution is -2.09. The van der Waals surface area contributed by atoms with Gasteiger partial charge in [0.2, 0.25) is 0 Å². The van der Waals surface area contributed by atoms with Crippen molar-refractivity contribution in [1.29, 1.82) is 0 Å². The minimum atomic E-state index is -0.545. The summed E-state index contributed by atoms with van der Waals surface area (Å²) in [7, 11) is 0. The third-order valence-electron chi connectivity index (χ3n) is 1.19. The Kier molecular flexibility index (Phi) is 3.86. The molecule has 13 heavy (non-hydrogen) atoms. The van der Waals surface area contributed by atoms with Crippen molar-refractivity contribution in [2.45, 2.75) is 6.92 Å². The van der Waals surface area contributed by atoms with Gasteiger partial charge in [-0.3, -0.25) is 0 Å². The standard InChI is InChI=1S/C7H6ClIN2O2/c1-2-13-7(12)6-4(8)3-5(9)10-11-6/h3H,2H2,1H3. The summed E-state index contributed by atoms with van der Waals surface area (Å²) in [5, 5.41) is 7.59. The second-order valence-corrected chi connectivity index (χ2v) is 3.60. The van der Waals surface area contributed by atoms with Gasteiger partial charge < -0.3 is 4.74 Å². The van der Waals surface area contributed by atoms with Crippen molar-refractivity contribution in [1.82, 2.24) is 10.2 Å². The van der Waals surface area contributed by atoms with Crippen molar-refractivity contribution in [2.75, 3.05) is 6.61 Å². The molecule has 70 valence electrons. The summed E-state index contributed by atoms with van der Waals surface area (Å²) < 4.78 is 5.36. The van der Waals surface area contributed by atoms with Gasteiger partial charge in [-0.2, -0.15) is 0 Å². The van der Waals surface area contributed by atoms with Crippen LogP contribution in [0.3, 0.4) is 0 Å². The largest absolute Gasteiger partial charge is 0.461 e. The fourth-order valence-corrected chi connectivity index (χ4v) is 1.51. The van der Waals surface area contributed by atoms with Gasteiger partial charge in [-0.05, 0) is 35.6 Å². The molecule has 1 aromatic rings. The van der Waals surface area contributed by atoms with E-state index in [1.54, 1.807) is 13.0 Å². The molecule has 6 heteroatoms. The minimum absolute atomic E-state index is 0.0592. The van der Waals surface area contributed by atoms with Crippen LogP contribution in [0.2, 0.25) is 5.02 Å². The number of rotatable bonds is 2. The summed E-state index contributed by atoms with van der Waals surface area (Å²) in [6.07, 6.45) is 0. The van der Waals surface area contributed by atoms with Crippen molar-refractivity contribution < 1.29 is 9.53 Å². The lowest BCUT2D eigenvalue weighted by molar-refractivity contribution is 0.0518. The summed E-state index contributed by atoms with van der Waals surface area (Å²) in [4.78, 5) is 11.2. The van der Waals surface area contributed by atoms with Gasteiger partial charge in [-0.15, -0.1) is 10.2 Å². The molecule has 1 heterocycles. The first-order valence-corrected chi connectivity index (χ1v) is 4.96. The molecule has 0 bridgehead atoms. The summed E-state index contributed by atoms with van der Waals surface area (Å²) in [5.41, 5.74) is 0.0592. The number of ether oxygens (including phenoxy) is 1. The molecule has 0 aliphatic heterocycles. The molecule has 0 saturated carbocycles. The van der Waals surface area contributed by atoms with Gasteiger partial charge in [-0.25, -0.2) is 4.79 Å². The van der Waals surface area contributed by atoms with Crippen LogP contribution in [0.15, 0.2) is 6.07 Å². The van der Waals surface area contributed by atoms with E-state index in [4.69, 9.17) is 16.3 Å². The molecule has 0 N–H and O–H groups in total. The number of halogens is 2. The molecule has 4 nitrogen and oxygen atoms in total. The zero-order valence-electron chi connectivity index (χ0n) is 6.75. The van der Waals surface area contributed by atoms with Crippen LogP contribution in [-0.4, -0.2) is 22.8 Å². The summed E-state index contributed by atoms with van der Waals surface area (Å²) in [6.45, 7) is 2.01. The Balaban J connectivity index is 2.95. The molecule has 1 aromatic heterocycles. The molecule has 1 rings (SSSR count). The topological polar surface area (TPSA) is 52.1 Å². The highest BCUT2D eigenvalue weighted by Gasteiger charge is 2.13. The first-order valence-electron chi connectivity index (χ1n) is 3.51. The lowest BCUT2D eigenvalue weighted by Gasteiger charge is -2.01. The van der Waals surface area contributed by atoms with Crippen LogP contribution in [0, 0.1) is 3.70 Å². The maximum atomic E-state index is 11.2. The summed E-state index contributed by atoms with van der Waals surface area (Å²) >= 11 is 7.71. The van der Waals surface area contributed by atoms with Gasteiger partial charge in [0.15, 0.2) is 5.69 Å². The highest BCUT2D eigenvalue weighted by molar-refractivity contribution is 14.1. The Labute approximate surface area is 93.8 Å². The third kappa shape index (κ3) is 2.77. The molecular weight excluding hydrogens is 306 g/mol. The van der Waals surface area contributed by atoms with Gasteiger partial charge in [0.25, 0.3) is 0 Å². The van der Waals surface area contributed by atoms with E-state index in [0.717, 1.165) is 0 Å². The van der Waals surface area contributed by atoms with Crippen LogP contribution >= 0.6 is 34.2 Å². The molecule has 0 fully saturated rings. The van der Waals surface area contributed by atoms with Crippen molar-refractivity contribution in [3.05, 3.63) is 20.5 Å². The van der Waals surface area contributed by atoms with Crippen LogP contribution in [0.5, 0.6) is 0 Å². The Morgan fingerprint density at radius 2 is 2.38 bits per heavy atom. The highest BCUT2D eigenvalue weighted by atomic mass is 127. The Bertz CT molecular complexity index is 332. The van der Waals surface area contributed by atoms with Gasteiger partial charge in [0, 0.05) is 0 Å². The zero-order valence-corrected chi connectivity index (χ0v) is 9.66. The summed E-state index contributed by atoms with van der Waals surface area (Å²) in [6, 6.07) is 1.56. The van der Waals surface area contributed by atoms with Crippen molar-refractivity contribution >= 4 is 40.2 Å². The van der Waals surface area contributed by atoms with E-state index in [2.05, 4.69) is 10.2 Å². The maximum Gasteiger partial charge on any atom is 0.360 e. The number of nitrogens with zero attached hydrogens (tertiary/aromatic N) is 2. The molecule has 0 aliphatic carbocycles. The van der Waals surface area contributed by atoms with Gasteiger partial charge in [0.05, 0.1) is 11.6 Å². The van der Waals surface area contributed by atoms with Crippen LogP contribution in [-0.2, 0) is 4.74 Å². The van der Waals surface area contributed by atoms with Crippen LogP contribution in [0.25, 0.3) is 0 Å². The Morgan fingerprint density at radius 1 is 1.69 bits per heavy atom. The van der Waals surface area contributed by atoms with E-state index in [0.29, 0.717) is 10.3 Å². The predicted molar refractivity (Wildman–Crippen MR) is 55.7 cm³/mol. The number of hydrogen-bond acceptors (Lipinski definition) is 4. The number of carbonyl (C=O) groups is 1. The van der Waals surface area contributed by atoms with Crippen molar-refractivity contribution in [3.63, 3.8) is 0 Å². The lowest BCUT2D eigenvalue weighted by atomic mass is 10.4. The first-order chi connectivity index (χ1) is 6.15. The van der Waals surface area contributed by atoms with E-state index in [1.165, 1.54) is 0 Å². The molecule has 0 saturated heterocycles. The van der Waals surface area contributed by atoms with Crippen molar-refractivity contribution in [2.24, 2.45) is 0 Å². The van der Waals surface area contributed by atoms with Crippen LogP contribution in [0.4, 0.5) is 0 Å². The third-order valence-corrected chi connectivity index (χ3v) is 2.00. The molecule has 0 radical (unpaired) electrons. The van der Waals surface area contributed by atoms with Gasteiger partial charge in [-0.1, -0.05) is 11.6 Å². The molecular formula is C7H6ClIN2O2. The number of aromatic nitrogens is 2. The average Bonchev–Trinajstić information content (AvgIpc) is 2.04. The SMILES string of the molecule is CCOC(=O)c1nnc(I)cc1Cl. The van der Waals surface area contributed by atoms with E-state index in [1.807, 2.05) is 22.6 Å².